The maximum Gasteiger partial charge on any atom is 0.0931 e. The highest BCUT2D eigenvalue weighted by molar-refractivity contribution is 5.89. The van der Waals surface area contributed by atoms with Gasteiger partial charge in [0.05, 0.1) is 11.2 Å². The monoisotopic (exact) mass is 173 g/mol. The lowest BCUT2D eigenvalue weighted by molar-refractivity contribution is 1.06. The predicted molar refractivity (Wildman–Crippen MR) is 54.0 cm³/mol. The average Bonchev–Trinajstić information content (AvgIpc) is 2.18. The third-order valence-corrected chi connectivity index (χ3v) is 2.03. The molecule has 4 N–H and O–H groups in total. The molecule has 0 saturated carbocycles. The van der Waals surface area contributed by atoms with Crippen molar-refractivity contribution >= 4 is 16.6 Å². The molecule has 0 atom stereocenters. The van der Waals surface area contributed by atoms with Gasteiger partial charge < -0.3 is 11.5 Å². The third-order valence-electron chi connectivity index (χ3n) is 2.03. The second-order valence-electron chi connectivity index (χ2n) is 2.97. The molecule has 0 unspecified atom stereocenters. The molecule has 2 aromatic rings. The number of pyridine rings is 1. The molecule has 1 aromatic carbocycles. The van der Waals surface area contributed by atoms with E-state index in [0.717, 1.165) is 16.5 Å². The van der Waals surface area contributed by atoms with Gasteiger partial charge in [-0.15, -0.1) is 0 Å². The molecule has 0 aliphatic heterocycles. The number of fused-ring (bicyclic) bond motifs is 1. The molecule has 0 radical (unpaired) electrons. The van der Waals surface area contributed by atoms with Gasteiger partial charge in [-0.2, -0.15) is 0 Å². The summed E-state index contributed by atoms with van der Waals surface area (Å²) in [4.78, 5) is 4.25. The van der Waals surface area contributed by atoms with Crippen molar-refractivity contribution in [2.45, 2.75) is 6.54 Å². The number of benzene rings is 1. The maximum atomic E-state index is 5.75. The lowest BCUT2D eigenvalue weighted by Gasteiger charge is -2.02. The molecule has 1 aromatic heterocycles. The minimum atomic E-state index is 0.512. The summed E-state index contributed by atoms with van der Waals surface area (Å²) in [5.41, 5.74) is 13.8. The number of nitrogen functional groups attached to an aromatic ring is 1. The number of rotatable bonds is 1. The fourth-order valence-electron chi connectivity index (χ4n) is 1.34. The molecule has 0 saturated heterocycles. The largest absolute Gasteiger partial charge is 0.397 e. The van der Waals surface area contributed by atoms with Crippen LogP contribution in [0.3, 0.4) is 0 Å². The quantitative estimate of drug-likeness (QED) is 0.638. The van der Waals surface area contributed by atoms with Crippen molar-refractivity contribution in [2.75, 3.05) is 5.73 Å². The van der Waals surface area contributed by atoms with Gasteiger partial charge >= 0.3 is 0 Å². The van der Waals surface area contributed by atoms with Gasteiger partial charge in [0, 0.05) is 18.1 Å². The molecule has 0 bridgehead atoms. The third kappa shape index (κ3) is 1.34. The van der Waals surface area contributed by atoms with Crippen LogP contribution in [-0.2, 0) is 6.54 Å². The predicted octanol–water partition coefficient (Wildman–Crippen LogP) is 1.28. The van der Waals surface area contributed by atoms with E-state index in [1.165, 1.54) is 0 Å². The van der Waals surface area contributed by atoms with Crippen LogP contribution in [0.2, 0.25) is 0 Å². The van der Waals surface area contributed by atoms with Crippen molar-refractivity contribution in [3.63, 3.8) is 0 Å². The van der Waals surface area contributed by atoms with Crippen molar-refractivity contribution in [3.05, 3.63) is 36.0 Å². The van der Waals surface area contributed by atoms with E-state index in [1.54, 1.807) is 6.20 Å². The van der Waals surface area contributed by atoms with E-state index < -0.39 is 0 Å². The van der Waals surface area contributed by atoms with Crippen molar-refractivity contribution in [3.8, 4) is 0 Å². The van der Waals surface area contributed by atoms with Crippen molar-refractivity contribution < 1.29 is 0 Å². The zero-order chi connectivity index (χ0) is 9.26. The summed E-state index contributed by atoms with van der Waals surface area (Å²) in [6.07, 6.45) is 1.76. The molecule has 13 heavy (non-hydrogen) atoms. The van der Waals surface area contributed by atoms with Crippen molar-refractivity contribution in [1.82, 2.24) is 4.98 Å². The SMILES string of the molecule is NCc1cnc2c(N)cccc2c1. The average molecular weight is 173 g/mol. The number of nitrogens with zero attached hydrogens (tertiary/aromatic N) is 1. The first-order chi connectivity index (χ1) is 6.31. The van der Waals surface area contributed by atoms with Crippen LogP contribution in [0, 0.1) is 0 Å². The smallest absolute Gasteiger partial charge is 0.0931 e. The van der Waals surface area contributed by atoms with Crippen LogP contribution in [0.15, 0.2) is 30.5 Å². The molecule has 1 heterocycles. The van der Waals surface area contributed by atoms with E-state index in [2.05, 4.69) is 4.98 Å². The Morgan fingerprint density at radius 3 is 2.92 bits per heavy atom. The van der Waals surface area contributed by atoms with Crippen LogP contribution in [0.25, 0.3) is 10.9 Å². The van der Waals surface area contributed by atoms with E-state index >= 15 is 0 Å². The summed E-state index contributed by atoms with van der Waals surface area (Å²) in [5.74, 6) is 0. The van der Waals surface area contributed by atoms with Crippen LogP contribution in [0.4, 0.5) is 5.69 Å². The second-order valence-corrected chi connectivity index (χ2v) is 2.97. The highest BCUT2D eigenvalue weighted by atomic mass is 14.7. The van der Waals surface area contributed by atoms with Gasteiger partial charge in [-0.25, -0.2) is 0 Å². The molecule has 0 amide bonds. The molecule has 0 aliphatic rings. The number of nitrogens with two attached hydrogens (primary N) is 2. The summed E-state index contributed by atoms with van der Waals surface area (Å²) in [7, 11) is 0. The number of hydrogen-bond acceptors (Lipinski definition) is 3. The molecule has 0 aliphatic carbocycles. The summed E-state index contributed by atoms with van der Waals surface area (Å²) in [5, 5.41) is 1.04. The van der Waals surface area contributed by atoms with E-state index in [9.17, 15) is 0 Å². The van der Waals surface area contributed by atoms with Gasteiger partial charge in [0.15, 0.2) is 0 Å². The lowest BCUT2D eigenvalue weighted by atomic mass is 10.1. The first-order valence-electron chi connectivity index (χ1n) is 4.14. The zero-order valence-corrected chi connectivity index (χ0v) is 7.20. The Kier molecular flexibility index (Phi) is 1.87. The Morgan fingerprint density at radius 1 is 1.31 bits per heavy atom. The molecule has 2 rings (SSSR count). The van der Waals surface area contributed by atoms with Gasteiger partial charge in [0.2, 0.25) is 0 Å². The van der Waals surface area contributed by atoms with Gasteiger partial charge in [-0.3, -0.25) is 4.98 Å². The Balaban J connectivity index is 2.72. The molecule has 66 valence electrons. The highest BCUT2D eigenvalue weighted by Gasteiger charge is 1.98. The summed E-state index contributed by atoms with van der Waals surface area (Å²) < 4.78 is 0. The molecular formula is C10H11N3. The zero-order valence-electron chi connectivity index (χ0n) is 7.20. The van der Waals surface area contributed by atoms with Gasteiger partial charge in [0.1, 0.15) is 0 Å². The van der Waals surface area contributed by atoms with Crippen LogP contribution in [0.1, 0.15) is 5.56 Å². The van der Waals surface area contributed by atoms with Gasteiger partial charge in [-0.05, 0) is 17.7 Å². The first-order valence-corrected chi connectivity index (χ1v) is 4.14. The van der Waals surface area contributed by atoms with Crippen LogP contribution in [-0.4, -0.2) is 4.98 Å². The maximum absolute atomic E-state index is 5.75. The summed E-state index contributed by atoms with van der Waals surface area (Å²) >= 11 is 0. The Morgan fingerprint density at radius 2 is 2.15 bits per heavy atom. The highest BCUT2D eigenvalue weighted by Crippen LogP contribution is 2.18. The van der Waals surface area contributed by atoms with E-state index in [0.29, 0.717) is 12.2 Å². The minimum absolute atomic E-state index is 0.512. The number of anilines is 1. The summed E-state index contributed by atoms with van der Waals surface area (Å²) in [6.45, 7) is 0.512. The number of hydrogen-bond donors (Lipinski definition) is 2. The molecule has 0 spiro atoms. The van der Waals surface area contributed by atoms with E-state index in [1.807, 2.05) is 24.3 Å². The van der Waals surface area contributed by atoms with Crippen molar-refractivity contribution in [2.24, 2.45) is 5.73 Å². The molecular weight excluding hydrogens is 162 g/mol. The van der Waals surface area contributed by atoms with Crippen LogP contribution >= 0.6 is 0 Å². The second kappa shape index (κ2) is 3.03. The van der Waals surface area contributed by atoms with Gasteiger partial charge in [0.25, 0.3) is 0 Å². The standard InChI is InChI=1S/C10H11N3/c11-5-7-4-8-2-1-3-9(12)10(8)13-6-7/h1-4,6H,5,11-12H2. The normalized spacial score (nSPS) is 10.5. The number of aromatic nitrogens is 1. The van der Waals surface area contributed by atoms with Crippen LogP contribution < -0.4 is 11.5 Å². The Bertz CT molecular complexity index is 437. The van der Waals surface area contributed by atoms with E-state index in [-0.39, 0.29) is 0 Å². The molecule has 0 fully saturated rings. The fourth-order valence-corrected chi connectivity index (χ4v) is 1.34. The molecule has 3 nitrogen and oxygen atoms in total. The fraction of sp³-hybridized carbons (Fsp3) is 0.100. The van der Waals surface area contributed by atoms with E-state index in [4.69, 9.17) is 11.5 Å². The Labute approximate surface area is 76.4 Å². The van der Waals surface area contributed by atoms with Gasteiger partial charge in [-0.1, -0.05) is 12.1 Å². The first kappa shape index (κ1) is 8.01. The summed E-state index contributed by atoms with van der Waals surface area (Å²) in [6, 6.07) is 7.76. The Hall–Kier alpha value is -1.61. The topological polar surface area (TPSA) is 64.9 Å². The molecule has 3 heteroatoms. The lowest BCUT2D eigenvalue weighted by Crippen LogP contribution is -1.97. The van der Waals surface area contributed by atoms with Crippen molar-refractivity contribution in [1.29, 1.82) is 0 Å². The minimum Gasteiger partial charge on any atom is -0.397 e. The number of para-hydroxylation sites is 1. The van der Waals surface area contributed by atoms with Crippen LogP contribution in [0.5, 0.6) is 0 Å².